The molecule has 1 aromatic heterocycles. The molecule has 0 radical (unpaired) electrons. The number of rotatable bonds is 4. The molecule has 0 N–H and O–H groups in total. The van der Waals surface area contributed by atoms with Crippen LogP contribution in [0.5, 0.6) is 0 Å². The van der Waals surface area contributed by atoms with Gasteiger partial charge in [0.1, 0.15) is 5.69 Å². The van der Waals surface area contributed by atoms with Crippen molar-refractivity contribution in [2.75, 3.05) is 51.2 Å². The molecule has 0 unspecified atom stereocenters. The molecular formula is C15H24N4O. The lowest BCUT2D eigenvalue weighted by Crippen LogP contribution is -2.47. The Kier molecular flexibility index (Phi) is 4.95. The molecular weight excluding hydrogens is 252 g/mol. The van der Waals surface area contributed by atoms with Gasteiger partial charge in [0.15, 0.2) is 0 Å². The smallest absolute Gasteiger partial charge is 0.272 e. The predicted molar refractivity (Wildman–Crippen MR) is 81.2 cm³/mol. The van der Waals surface area contributed by atoms with Crippen molar-refractivity contribution in [2.45, 2.75) is 13.8 Å². The van der Waals surface area contributed by atoms with Gasteiger partial charge in [-0.1, -0.05) is 0 Å². The largest absolute Gasteiger partial charge is 0.372 e. The second kappa shape index (κ2) is 6.70. The number of amides is 1. The van der Waals surface area contributed by atoms with Crippen LogP contribution in [0.15, 0.2) is 18.3 Å². The van der Waals surface area contributed by atoms with E-state index in [0.29, 0.717) is 5.69 Å². The maximum absolute atomic E-state index is 12.5. The molecule has 1 amide bonds. The van der Waals surface area contributed by atoms with Crippen molar-refractivity contribution in [3.05, 3.63) is 24.0 Å². The first-order valence-electron chi connectivity index (χ1n) is 7.34. The van der Waals surface area contributed by atoms with E-state index in [9.17, 15) is 4.79 Å². The van der Waals surface area contributed by atoms with E-state index in [0.717, 1.165) is 45.0 Å². The lowest BCUT2D eigenvalue weighted by Gasteiger charge is -2.32. The number of piperazine rings is 1. The third-order valence-corrected chi connectivity index (χ3v) is 3.88. The third-order valence-electron chi connectivity index (χ3n) is 3.88. The lowest BCUT2D eigenvalue weighted by atomic mass is 10.2. The lowest BCUT2D eigenvalue weighted by molar-refractivity contribution is 0.0658. The quantitative estimate of drug-likeness (QED) is 0.831. The van der Waals surface area contributed by atoms with Crippen LogP contribution < -0.4 is 4.90 Å². The van der Waals surface area contributed by atoms with Crippen LogP contribution in [-0.4, -0.2) is 67.0 Å². The summed E-state index contributed by atoms with van der Waals surface area (Å²) in [5, 5.41) is 0. The van der Waals surface area contributed by atoms with E-state index in [1.54, 1.807) is 6.20 Å². The van der Waals surface area contributed by atoms with E-state index >= 15 is 0 Å². The first-order chi connectivity index (χ1) is 9.65. The minimum absolute atomic E-state index is 0.0482. The van der Waals surface area contributed by atoms with Gasteiger partial charge in [0.05, 0.1) is 0 Å². The summed E-state index contributed by atoms with van der Waals surface area (Å²) >= 11 is 0. The van der Waals surface area contributed by atoms with Crippen molar-refractivity contribution >= 4 is 11.6 Å². The highest BCUT2D eigenvalue weighted by atomic mass is 16.2. The number of hydrogen-bond acceptors (Lipinski definition) is 4. The van der Waals surface area contributed by atoms with E-state index in [1.165, 1.54) is 0 Å². The second-order valence-corrected chi connectivity index (χ2v) is 5.17. The molecule has 5 nitrogen and oxygen atoms in total. The van der Waals surface area contributed by atoms with E-state index in [-0.39, 0.29) is 5.91 Å². The zero-order valence-electron chi connectivity index (χ0n) is 12.7. The summed E-state index contributed by atoms with van der Waals surface area (Å²) in [7, 11) is 2.08. The maximum atomic E-state index is 12.5. The zero-order valence-corrected chi connectivity index (χ0v) is 12.7. The van der Waals surface area contributed by atoms with Gasteiger partial charge in [-0.25, -0.2) is 0 Å². The number of hydrogen-bond donors (Lipinski definition) is 0. The molecule has 1 fully saturated rings. The van der Waals surface area contributed by atoms with Gasteiger partial charge in [0.25, 0.3) is 5.91 Å². The van der Waals surface area contributed by atoms with Crippen molar-refractivity contribution in [3.8, 4) is 0 Å². The Morgan fingerprint density at radius 2 is 1.90 bits per heavy atom. The topological polar surface area (TPSA) is 39.7 Å². The number of nitrogens with zero attached hydrogens (tertiary/aromatic N) is 4. The number of pyridine rings is 1. The van der Waals surface area contributed by atoms with Crippen molar-refractivity contribution in [3.63, 3.8) is 0 Å². The summed E-state index contributed by atoms with van der Waals surface area (Å²) in [6.45, 7) is 9.53. The highest BCUT2D eigenvalue weighted by Gasteiger charge is 2.21. The number of carbonyl (C=O) groups excluding carboxylic acids is 1. The van der Waals surface area contributed by atoms with Gasteiger partial charge in [-0.3, -0.25) is 9.78 Å². The van der Waals surface area contributed by atoms with Gasteiger partial charge in [0, 0.05) is 51.2 Å². The normalized spacial score (nSPS) is 16.2. The molecule has 2 rings (SSSR count). The monoisotopic (exact) mass is 276 g/mol. The molecule has 1 saturated heterocycles. The summed E-state index contributed by atoms with van der Waals surface area (Å²) in [6, 6.07) is 3.88. The average molecular weight is 276 g/mol. The van der Waals surface area contributed by atoms with Crippen molar-refractivity contribution in [1.82, 2.24) is 14.8 Å². The molecule has 2 heterocycles. The van der Waals surface area contributed by atoms with Gasteiger partial charge in [-0.15, -0.1) is 0 Å². The van der Waals surface area contributed by atoms with Crippen molar-refractivity contribution in [1.29, 1.82) is 0 Å². The standard InChI is InChI=1S/C15H24N4O/c1-4-18(5-2)13-6-7-16-14(12-13)15(20)19-10-8-17(3)9-11-19/h6-7,12H,4-5,8-11H2,1-3H3. The fraction of sp³-hybridized carbons (Fsp3) is 0.600. The van der Waals surface area contributed by atoms with Gasteiger partial charge in [0.2, 0.25) is 0 Å². The van der Waals surface area contributed by atoms with Crippen molar-refractivity contribution < 1.29 is 4.79 Å². The maximum Gasteiger partial charge on any atom is 0.272 e. The van der Waals surface area contributed by atoms with Crippen LogP contribution in [0.4, 0.5) is 5.69 Å². The number of likely N-dealkylation sites (N-methyl/N-ethyl adjacent to an activating group) is 1. The minimum atomic E-state index is 0.0482. The Morgan fingerprint density at radius 1 is 1.25 bits per heavy atom. The summed E-state index contributed by atoms with van der Waals surface area (Å²) in [4.78, 5) is 23.1. The Bertz CT molecular complexity index is 451. The van der Waals surface area contributed by atoms with E-state index in [1.807, 2.05) is 17.0 Å². The Labute approximate surface area is 121 Å². The molecule has 0 aliphatic carbocycles. The second-order valence-electron chi connectivity index (χ2n) is 5.17. The molecule has 0 bridgehead atoms. The molecule has 0 aromatic carbocycles. The third kappa shape index (κ3) is 3.28. The predicted octanol–water partition coefficient (Wildman–Crippen LogP) is 1.32. The summed E-state index contributed by atoms with van der Waals surface area (Å²) in [6.07, 6.45) is 1.73. The van der Waals surface area contributed by atoms with Gasteiger partial charge >= 0.3 is 0 Å². The van der Waals surface area contributed by atoms with Crippen LogP contribution in [0.2, 0.25) is 0 Å². The fourth-order valence-electron chi connectivity index (χ4n) is 2.49. The highest BCUT2D eigenvalue weighted by molar-refractivity contribution is 5.93. The molecule has 1 aliphatic rings. The van der Waals surface area contributed by atoms with Gasteiger partial charge in [-0.05, 0) is 33.0 Å². The summed E-state index contributed by atoms with van der Waals surface area (Å²) < 4.78 is 0. The minimum Gasteiger partial charge on any atom is -0.372 e. The van der Waals surface area contributed by atoms with Crippen LogP contribution in [0, 0.1) is 0 Å². The molecule has 5 heteroatoms. The van der Waals surface area contributed by atoms with Crippen LogP contribution in [0.25, 0.3) is 0 Å². The molecule has 20 heavy (non-hydrogen) atoms. The molecule has 110 valence electrons. The highest BCUT2D eigenvalue weighted by Crippen LogP contribution is 2.15. The van der Waals surface area contributed by atoms with Crippen LogP contribution >= 0.6 is 0 Å². The van der Waals surface area contributed by atoms with E-state index < -0.39 is 0 Å². The number of aromatic nitrogens is 1. The first-order valence-corrected chi connectivity index (χ1v) is 7.34. The van der Waals surface area contributed by atoms with Gasteiger partial charge in [-0.2, -0.15) is 0 Å². The van der Waals surface area contributed by atoms with E-state index in [4.69, 9.17) is 0 Å². The molecule has 0 spiro atoms. The Hall–Kier alpha value is -1.62. The first kappa shape index (κ1) is 14.8. The molecule has 0 saturated carbocycles. The van der Waals surface area contributed by atoms with Crippen LogP contribution in [-0.2, 0) is 0 Å². The molecule has 1 aromatic rings. The molecule has 1 aliphatic heterocycles. The average Bonchev–Trinajstić information content (AvgIpc) is 2.49. The Morgan fingerprint density at radius 3 is 2.50 bits per heavy atom. The SMILES string of the molecule is CCN(CC)c1ccnc(C(=O)N2CCN(C)CC2)c1. The molecule has 0 atom stereocenters. The van der Waals surface area contributed by atoms with Crippen LogP contribution in [0.1, 0.15) is 24.3 Å². The Balaban J connectivity index is 2.12. The summed E-state index contributed by atoms with van der Waals surface area (Å²) in [5.41, 5.74) is 1.63. The number of carbonyl (C=O) groups is 1. The number of anilines is 1. The fourth-order valence-corrected chi connectivity index (χ4v) is 2.49. The zero-order chi connectivity index (χ0) is 14.5. The summed E-state index contributed by atoms with van der Waals surface area (Å²) in [5.74, 6) is 0.0482. The van der Waals surface area contributed by atoms with E-state index in [2.05, 4.69) is 35.7 Å². The van der Waals surface area contributed by atoms with Gasteiger partial charge < -0.3 is 14.7 Å². The van der Waals surface area contributed by atoms with Crippen molar-refractivity contribution in [2.24, 2.45) is 0 Å². The van der Waals surface area contributed by atoms with Crippen LogP contribution in [0.3, 0.4) is 0 Å².